The summed E-state index contributed by atoms with van der Waals surface area (Å²) in [5.74, 6) is 14.2. The second kappa shape index (κ2) is 11.9. The fourth-order valence-electron chi connectivity index (χ4n) is 14.3. The molecule has 0 heterocycles. The first-order valence-electron chi connectivity index (χ1n) is 20.3. The van der Waals surface area contributed by atoms with Crippen molar-refractivity contribution in [2.75, 3.05) is 0 Å². The van der Waals surface area contributed by atoms with E-state index in [0.29, 0.717) is 21.7 Å². The molecule has 0 saturated heterocycles. The molecule has 6 rings (SSSR count). The number of rotatable bonds is 3. The van der Waals surface area contributed by atoms with Crippen LogP contribution in [-0.2, 0) is 0 Å². The molecule has 0 aromatic heterocycles. The Morgan fingerprint density at radius 1 is 0.341 bits per heavy atom. The molecular weight excluding hydrogens is 528 g/mol. The van der Waals surface area contributed by atoms with Crippen molar-refractivity contribution in [2.45, 2.75) is 173 Å². The van der Waals surface area contributed by atoms with Crippen molar-refractivity contribution in [3.63, 3.8) is 0 Å². The van der Waals surface area contributed by atoms with Crippen LogP contribution in [0.4, 0.5) is 0 Å². The van der Waals surface area contributed by atoms with E-state index >= 15 is 0 Å². The van der Waals surface area contributed by atoms with Gasteiger partial charge in [-0.1, -0.05) is 83.1 Å². The third-order valence-electron chi connectivity index (χ3n) is 16.8. The molecule has 0 aromatic carbocycles. The van der Waals surface area contributed by atoms with Gasteiger partial charge in [0, 0.05) is 0 Å². The zero-order chi connectivity index (χ0) is 32.0. The van der Waals surface area contributed by atoms with Gasteiger partial charge in [-0.25, -0.2) is 0 Å². The molecule has 13 unspecified atom stereocenters. The van der Waals surface area contributed by atoms with Crippen molar-refractivity contribution >= 4 is 0 Å². The summed E-state index contributed by atoms with van der Waals surface area (Å²) >= 11 is 0. The van der Waals surface area contributed by atoms with Gasteiger partial charge in [0.2, 0.25) is 0 Å². The molecule has 6 aliphatic rings. The molecule has 0 aliphatic heterocycles. The highest BCUT2D eigenvalue weighted by atomic mass is 14.6. The molecule has 0 spiro atoms. The normalized spacial score (nSPS) is 46.6. The zero-order valence-electron chi connectivity index (χ0n) is 32.0. The lowest BCUT2D eigenvalue weighted by Gasteiger charge is -2.48. The summed E-state index contributed by atoms with van der Waals surface area (Å²) in [7, 11) is 0. The average Bonchev–Trinajstić information content (AvgIpc) is 3.44. The van der Waals surface area contributed by atoms with Crippen LogP contribution in [0.25, 0.3) is 0 Å². The summed E-state index contributed by atoms with van der Waals surface area (Å²) in [6, 6.07) is 0. The number of hydrogen-bond donors (Lipinski definition) is 0. The van der Waals surface area contributed by atoms with Crippen molar-refractivity contribution in [1.29, 1.82) is 0 Å². The predicted molar refractivity (Wildman–Crippen MR) is 191 cm³/mol. The fraction of sp³-hybridized carbons (Fsp3) is 1.00. The highest BCUT2D eigenvalue weighted by Crippen LogP contribution is 2.65. The maximum Gasteiger partial charge on any atom is -0.0334 e. The van der Waals surface area contributed by atoms with Crippen LogP contribution in [0.5, 0.6) is 0 Å². The van der Waals surface area contributed by atoms with Crippen LogP contribution < -0.4 is 0 Å². The Balaban J connectivity index is 1.25. The molecule has 254 valence electrons. The molecule has 0 bridgehead atoms. The summed E-state index contributed by atoms with van der Waals surface area (Å²) in [6.45, 7) is 30.8. The fourth-order valence-corrected chi connectivity index (χ4v) is 14.3. The Labute approximate surface area is 276 Å². The maximum atomic E-state index is 2.62. The Kier molecular flexibility index (Phi) is 9.13. The summed E-state index contributed by atoms with van der Waals surface area (Å²) in [5.41, 5.74) is 1.92. The third kappa shape index (κ3) is 6.40. The molecule has 0 nitrogen and oxygen atoms in total. The smallest absolute Gasteiger partial charge is 0.0334 e. The van der Waals surface area contributed by atoms with Crippen molar-refractivity contribution < 1.29 is 0 Å². The van der Waals surface area contributed by atoms with E-state index < -0.39 is 0 Å². The van der Waals surface area contributed by atoms with E-state index in [-0.39, 0.29) is 0 Å². The highest BCUT2D eigenvalue weighted by Gasteiger charge is 2.57. The summed E-state index contributed by atoms with van der Waals surface area (Å²) in [6.07, 6.45) is 21.7. The first-order valence-corrected chi connectivity index (χ1v) is 20.3. The van der Waals surface area contributed by atoms with Crippen LogP contribution in [-0.4, -0.2) is 0 Å². The third-order valence-corrected chi connectivity index (χ3v) is 16.8. The van der Waals surface area contributed by atoms with E-state index in [4.69, 9.17) is 0 Å². The lowest BCUT2D eigenvalue weighted by molar-refractivity contribution is 0.00766. The zero-order valence-corrected chi connectivity index (χ0v) is 32.0. The van der Waals surface area contributed by atoms with Gasteiger partial charge in [0.25, 0.3) is 0 Å². The van der Waals surface area contributed by atoms with E-state index in [1.165, 1.54) is 25.7 Å². The SMILES string of the molecule is CC(C)(C)C1CCC2C(CC3C2CCC(C(C)(C)C)C3CCC2C3CC(C(C)(C)C)CCC3C3CCC(C(C)(C)C)CC32)C1. The van der Waals surface area contributed by atoms with Crippen molar-refractivity contribution in [3.05, 3.63) is 0 Å². The average molecular weight is 607 g/mol. The van der Waals surface area contributed by atoms with E-state index in [9.17, 15) is 0 Å². The first-order chi connectivity index (χ1) is 20.3. The minimum atomic E-state index is 0.461. The molecule has 0 N–H and O–H groups in total. The van der Waals surface area contributed by atoms with Gasteiger partial charge in [-0.3, -0.25) is 0 Å². The van der Waals surface area contributed by atoms with Gasteiger partial charge in [-0.05, 0) is 194 Å². The topological polar surface area (TPSA) is 0 Å². The minimum absolute atomic E-state index is 0.461. The van der Waals surface area contributed by atoms with Crippen LogP contribution in [0.15, 0.2) is 0 Å². The van der Waals surface area contributed by atoms with E-state index in [1.807, 2.05) is 0 Å². The van der Waals surface area contributed by atoms with Crippen LogP contribution in [0, 0.1) is 105 Å². The Morgan fingerprint density at radius 2 is 0.727 bits per heavy atom. The molecule has 44 heavy (non-hydrogen) atoms. The number of fused-ring (bicyclic) bond motifs is 6. The second-order valence-electron chi connectivity index (χ2n) is 22.7. The predicted octanol–water partition coefficient (Wildman–Crippen LogP) is 13.3. The van der Waals surface area contributed by atoms with Gasteiger partial charge in [-0.15, -0.1) is 0 Å². The Hall–Kier alpha value is 0. The van der Waals surface area contributed by atoms with Gasteiger partial charge < -0.3 is 0 Å². The van der Waals surface area contributed by atoms with Crippen LogP contribution >= 0.6 is 0 Å². The summed E-state index contributed by atoms with van der Waals surface area (Å²) in [4.78, 5) is 0. The van der Waals surface area contributed by atoms with Crippen LogP contribution in [0.2, 0.25) is 0 Å². The van der Waals surface area contributed by atoms with Crippen LogP contribution in [0.3, 0.4) is 0 Å². The lowest BCUT2D eigenvalue weighted by Crippen LogP contribution is -2.41. The largest absolute Gasteiger partial charge is 0.0599 e. The highest BCUT2D eigenvalue weighted by molar-refractivity contribution is 5.06. The molecule has 6 fully saturated rings. The van der Waals surface area contributed by atoms with Gasteiger partial charge in [0.15, 0.2) is 0 Å². The molecular formula is C44H78. The second-order valence-corrected chi connectivity index (χ2v) is 22.7. The van der Waals surface area contributed by atoms with Crippen molar-refractivity contribution in [2.24, 2.45) is 105 Å². The molecule has 6 aliphatic carbocycles. The number of hydrogen-bond acceptors (Lipinski definition) is 0. The monoisotopic (exact) mass is 607 g/mol. The maximum absolute atomic E-state index is 2.62. The van der Waals surface area contributed by atoms with Crippen molar-refractivity contribution in [1.82, 2.24) is 0 Å². The van der Waals surface area contributed by atoms with Gasteiger partial charge in [0.05, 0.1) is 0 Å². The molecule has 0 aromatic rings. The van der Waals surface area contributed by atoms with E-state index in [1.54, 1.807) is 64.2 Å². The van der Waals surface area contributed by atoms with Crippen LogP contribution in [0.1, 0.15) is 173 Å². The first kappa shape index (κ1) is 33.9. The Bertz CT molecular complexity index is 935. The van der Waals surface area contributed by atoms with Gasteiger partial charge >= 0.3 is 0 Å². The van der Waals surface area contributed by atoms with Gasteiger partial charge in [-0.2, -0.15) is 0 Å². The Morgan fingerprint density at radius 3 is 1.20 bits per heavy atom. The van der Waals surface area contributed by atoms with E-state index in [0.717, 1.165) is 82.9 Å². The van der Waals surface area contributed by atoms with Crippen molar-refractivity contribution in [3.8, 4) is 0 Å². The quantitative estimate of drug-likeness (QED) is 0.300. The molecule has 0 heteroatoms. The summed E-state index contributed by atoms with van der Waals surface area (Å²) < 4.78 is 0. The molecule has 6 saturated carbocycles. The van der Waals surface area contributed by atoms with Gasteiger partial charge in [0.1, 0.15) is 0 Å². The minimum Gasteiger partial charge on any atom is -0.0599 e. The summed E-state index contributed by atoms with van der Waals surface area (Å²) in [5, 5.41) is 0. The lowest BCUT2D eigenvalue weighted by atomic mass is 9.57. The molecule has 0 amide bonds. The standard InChI is InChI=1S/C44H78/c1-41(2,3)28-13-16-31-27(23-28)24-37-32(31)21-22-40(44(10,11)12)36(37)20-19-35-38-25-29(42(4,5)6)14-17-33(38)34-18-15-30(26-39(34)35)43(7,8)9/h27-40H,13-26H2,1-12H3. The molecule has 13 atom stereocenters. The van der Waals surface area contributed by atoms with E-state index in [2.05, 4.69) is 83.1 Å². The molecule has 0 radical (unpaired) electrons.